The number of para-hydroxylation sites is 1. The number of rotatable bonds is 2. The number of carbonyl (C=O) groups is 1. The molecule has 2 saturated heterocycles. The van der Waals surface area contributed by atoms with Crippen molar-refractivity contribution in [1.82, 2.24) is 15.2 Å². The van der Waals surface area contributed by atoms with Gasteiger partial charge in [-0.2, -0.15) is 0 Å². The number of urea groups is 1. The normalized spacial score (nSPS) is 23.3. The van der Waals surface area contributed by atoms with Crippen molar-refractivity contribution in [3.8, 4) is 0 Å². The number of morpholine rings is 1. The van der Waals surface area contributed by atoms with Gasteiger partial charge in [0.25, 0.3) is 0 Å². The molecule has 1 unspecified atom stereocenters. The molecule has 0 bridgehead atoms. The molecular formula is C19H23N3O4. The lowest BCUT2D eigenvalue weighted by atomic mass is 9.94. The van der Waals surface area contributed by atoms with Crippen molar-refractivity contribution in [3.63, 3.8) is 0 Å². The van der Waals surface area contributed by atoms with Gasteiger partial charge in [0.2, 0.25) is 5.56 Å². The van der Waals surface area contributed by atoms with Crippen LogP contribution in [-0.4, -0.2) is 54.4 Å². The third-order valence-electron chi connectivity index (χ3n) is 5.09. The number of aromatic amines is 1. The summed E-state index contributed by atoms with van der Waals surface area (Å²) in [5.41, 5.74) is 1.04. The quantitative estimate of drug-likeness (QED) is 0.855. The Kier molecular flexibility index (Phi) is 4.65. The first-order valence-electron chi connectivity index (χ1n) is 9.01. The topological polar surface area (TPSA) is 83.7 Å². The molecule has 7 nitrogen and oxygen atoms in total. The van der Waals surface area contributed by atoms with Crippen LogP contribution in [0.4, 0.5) is 4.79 Å². The van der Waals surface area contributed by atoms with Crippen LogP contribution in [0.3, 0.4) is 0 Å². The lowest BCUT2D eigenvalue weighted by Crippen LogP contribution is -2.58. The lowest BCUT2D eigenvalue weighted by molar-refractivity contribution is -0.160. The van der Waals surface area contributed by atoms with Crippen molar-refractivity contribution in [2.75, 3.05) is 32.9 Å². The van der Waals surface area contributed by atoms with E-state index in [1.807, 2.05) is 24.3 Å². The Morgan fingerprint density at radius 2 is 2.19 bits per heavy atom. The highest BCUT2D eigenvalue weighted by Crippen LogP contribution is 2.27. The van der Waals surface area contributed by atoms with Gasteiger partial charge in [0.1, 0.15) is 5.60 Å². The van der Waals surface area contributed by atoms with Gasteiger partial charge >= 0.3 is 6.03 Å². The highest BCUT2D eigenvalue weighted by Gasteiger charge is 2.40. The van der Waals surface area contributed by atoms with E-state index in [0.717, 1.165) is 35.9 Å². The number of pyridine rings is 1. The van der Waals surface area contributed by atoms with Crippen LogP contribution in [0.2, 0.25) is 0 Å². The van der Waals surface area contributed by atoms with Gasteiger partial charge in [0.15, 0.2) is 0 Å². The number of ether oxygens (including phenoxy) is 2. The van der Waals surface area contributed by atoms with Gasteiger partial charge in [-0.3, -0.25) is 4.79 Å². The van der Waals surface area contributed by atoms with Gasteiger partial charge in [-0.05, 0) is 24.5 Å². The number of nitrogens with zero attached hydrogens (tertiary/aromatic N) is 1. The molecule has 3 heterocycles. The summed E-state index contributed by atoms with van der Waals surface area (Å²) < 4.78 is 11.5. The number of aromatic nitrogens is 1. The zero-order valence-corrected chi connectivity index (χ0v) is 14.6. The molecule has 1 aromatic heterocycles. The average molecular weight is 357 g/mol. The number of hydrogen-bond donors (Lipinski definition) is 2. The Morgan fingerprint density at radius 3 is 3.04 bits per heavy atom. The second-order valence-electron chi connectivity index (χ2n) is 6.97. The fourth-order valence-electron chi connectivity index (χ4n) is 3.79. The number of amides is 2. The van der Waals surface area contributed by atoms with Gasteiger partial charge in [0.05, 0.1) is 19.8 Å². The van der Waals surface area contributed by atoms with Gasteiger partial charge in [-0.25, -0.2) is 4.79 Å². The van der Waals surface area contributed by atoms with Crippen molar-refractivity contribution in [3.05, 3.63) is 46.2 Å². The predicted octanol–water partition coefficient (Wildman–Crippen LogP) is 1.62. The molecule has 2 amide bonds. The second-order valence-corrected chi connectivity index (χ2v) is 6.97. The van der Waals surface area contributed by atoms with Crippen LogP contribution >= 0.6 is 0 Å². The summed E-state index contributed by atoms with van der Waals surface area (Å²) in [6, 6.07) is 8.99. The van der Waals surface area contributed by atoms with E-state index < -0.39 is 0 Å². The predicted molar refractivity (Wildman–Crippen MR) is 97.1 cm³/mol. The third kappa shape index (κ3) is 3.45. The molecule has 0 radical (unpaired) electrons. The Hall–Kier alpha value is -2.38. The maximum atomic E-state index is 12.7. The van der Waals surface area contributed by atoms with E-state index in [1.165, 1.54) is 0 Å². The molecule has 138 valence electrons. The largest absolute Gasteiger partial charge is 0.378 e. The molecular weight excluding hydrogens is 334 g/mol. The van der Waals surface area contributed by atoms with Crippen LogP contribution in [0.5, 0.6) is 0 Å². The molecule has 4 rings (SSSR count). The van der Waals surface area contributed by atoms with Gasteiger partial charge < -0.3 is 24.7 Å². The van der Waals surface area contributed by atoms with Crippen molar-refractivity contribution in [2.24, 2.45) is 0 Å². The van der Waals surface area contributed by atoms with Crippen molar-refractivity contribution >= 4 is 16.9 Å². The number of carbonyl (C=O) groups excluding carboxylic acids is 1. The third-order valence-corrected chi connectivity index (χ3v) is 5.09. The van der Waals surface area contributed by atoms with Crippen LogP contribution in [0.15, 0.2) is 35.1 Å². The van der Waals surface area contributed by atoms with Crippen LogP contribution in [0.25, 0.3) is 10.9 Å². The SMILES string of the molecule is O=C(NCc1cc(=O)[nH]c2ccccc12)N1CCOC2(CCCOC2)C1. The minimum absolute atomic E-state index is 0.136. The summed E-state index contributed by atoms with van der Waals surface area (Å²) in [7, 11) is 0. The standard InChI is InChI=1S/C19H23N3O4/c23-17-10-14(15-4-1-2-5-16(15)21-17)11-20-18(24)22-7-9-26-19(12-22)6-3-8-25-13-19/h1-2,4-5,10H,3,6-9,11-13H2,(H,20,24)(H,21,23). The van der Waals surface area contributed by atoms with Gasteiger partial charge in [-0.1, -0.05) is 18.2 Å². The second kappa shape index (κ2) is 7.09. The molecule has 1 atom stereocenters. The number of hydrogen-bond acceptors (Lipinski definition) is 4. The lowest BCUT2D eigenvalue weighted by Gasteiger charge is -2.44. The Bertz CT molecular complexity index is 852. The maximum absolute atomic E-state index is 12.7. The molecule has 2 aliphatic rings. The minimum Gasteiger partial charge on any atom is -0.378 e. The Balaban J connectivity index is 1.45. The van der Waals surface area contributed by atoms with Crippen LogP contribution < -0.4 is 10.9 Å². The van der Waals surface area contributed by atoms with E-state index in [1.54, 1.807) is 11.0 Å². The molecule has 26 heavy (non-hydrogen) atoms. The number of H-pyrrole nitrogens is 1. The number of benzene rings is 1. The fraction of sp³-hybridized carbons (Fsp3) is 0.474. The van der Waals surface area contributed by atoms with Gasteiger partial charge in [-0.15, -0.1) is 0 Å². The fourth-order valence-corrected chi connectivity index (χ4v) is 3.79. The van der Waals surface area contributed by atoms with Crippen molar-refractivity contribution in [2.45, 2.75) is 25.0 Å². The summed E-state index contributed by atoms with van der Waals surface area (Å²) in [5.74, 6) is 0. The zero-order valence-electron chi connectivity index (χ0n) is 14.6. The summed E-state index contributed by atoms with van der Waals surface area (Å²) in [5, 5.41) is 3.88. The Morgan fingerprint density at radius 1 is 1.31 bits per heavy atom. The van der Waals surface area contributed by atoms with Crippen LogP contribution in [0.1, 0.15) is 18.4 Å². The van der Waals surface area contributed by atoms with Crippen molar-refractivity contribution < 1.29 is 14.3 Å². The molecule has 7 heteroatoms. The summed E-state index contributed by atoms with van der Waals surface area (Å²) in [4.78, 5) is 29.1. The van der Waals surface area contributed by atoms with E-state index in [9.17, 15) is 9.59 Å². The summed E-state index contributed by atoms with van der Waals surface area (Å²) in [6.07, 6.45) is 1.86. The highest BCUT2D eigenvalue weighted by molar-refractivity contribution is 5.82. The molecule has 0 saturated carbocycles. The van der Waals surface area contributed by atoms with E-state index in [-0.39, 0.29) is 17.2 Å². The molecule has 1 aromatic carbocycles. The molecule has 2 N–H and O–H groups in total. The molecule has 2 aromatic rings. The smallest absolute Gasteiger partial charge is 0.317 e. The zero-order chi connectivity index (χ0) is 18.0. The molecule has 1 spiro atoms. The first-order valence-corrected chi connectivity index (χ1v) is 9.01. The number of nitrogens with one attached hydrogen (secondary N) is 2. The van der Waals surface area contributed by atoms with Crippen LogP contribution in [0, 0.1) is 0 Å². The van der Waals surface area contributed by atoms with Crippen molar-refractivity contribution in [1.29, 1.82) is 0 Å². The average Bonchev–Trinajstić information content (AvgIpc) is 2.66. The monoisotopic (exact) mass is 357 g/mol. The maximum Gasteiger partial charge on any atom is 0.317 e. The molecule has 2 fully saturated rings. The van der Waals surface area contributed by atoms with E-state index in [4.69, 9.17) is 9.47 Å². The van der Waals surface area contributed by atoms with E-state index in [2.05, 4.69) is 10.3 Å². The van der Waals surface area contributed by atoms with E-state index in [0.29, 0.717) is 32.8 Å². The molecule has 2 aliphatic heterocycles. The van der Waals surface area contributed by atoms with Crippen LogP contribution in [-0.2, 0) is 16.0 Å². The first-order chi connectivity index (χ1) is 12.7. The summed E-state index contributed by atoms with van der Waals surface area (Å²) >= 11 is 0. The number of fused-ring (bicyclic) bond motifs is 1. The molecule has 0 aliphatic carbocycles. The van der Waals surface area contributed by atoms with E-state index >= 15 is 0 Å². The minimum atomic E-state index is -0.371. The first kappa shape index (κ1) is 17.1. The highest BCUT2D eigenvalue weighted by atomic mass is 16.5. The summed E-state index contributed by atoms with van der Waals surface area (Å²) in [6.45, 7) is 3.22. The van der Waals surface area contributed by atoms with Gasteiger partial charge in [0, 0.05) is 36.7 Å². The Labute approximate surface area is 151 Å².